The first-order valence-corrected chi connectivity index (χ1v) is 12.2. The van der Waals surface area contributed by atoms with Crippen LogP contribution in [0.5, 0.6) is 0 Å². The van der Waals surface area contributed by atoms with Gasteiger partial charge in [-0.2, -0.15) is 0 Å². The van der Waals surface area contributed by atoms with Gasteiger partial charge in [0.1, 0.15) is 12.3 Å². The fourth-order valence-electron chi connectivity index (χ4n) is 4.20. The van der Waals surface area contributed by atoms with Crippen molar-refractivity contribution in [3.05, 3.63) is 75.2 Å². The Balaban J connectivity index is 1.49. The van der Waals surface area contributed by atoms with E-state index < -0.39 is 0 Å². The summed E-state index contributed by atoms with van der Waals surface area (Å²) in [5, 5.41) is 7.94. The zero-order valence-corrected chi connectivity index (χ0v) is 20.1. The molecule has 3 nitrogen and oxygen atoms in total. The maximum Gasteiger partial charge on any atom is 0.118 e. The summed E-state index contributed by atoms with van der Waals surface area (Å²) in [5.74, 6) is 0.498. The lowest BCUT2D eigenvalue weighted by atomic mass is 9.83. The fourth-order valence-corrected chi connectivity index (χ4v) is 5.23. The number of hydrogen-bond acceptors (Lipinski definition) is 4. The lowest BCUT2D eigenvalue weighted by Gasteiger charge is -2.22. The number of aryl methyl sites for hydroxylation is 1. The van der Waals surface area contributed by atoms with Crippen LogP contribution in [0.25, 0.3) is 11.1 Å². The largest absolute Gasteiger partial charge is 0.396 e. The number of benzene rings is 2. The Bertz CT molecular complexity index is 1090. The first kappa shape index (κ1) is 21.8. The molecule has 0 fully saturated rings. The molecule has 1 aliphatic rings. The first-order chi connectivity index (χ1) is 14.9. The van der Waals surface area contributed by atoms with E-state index in [1.807, 2.05) is 6.92 Å². The smallest absolute Gasteiger partial charge is 0.118 e. The van der Waals surface area contributed by atoms with E-state index in [2.05, 4.69) is 80.7 Å². The summed E-state index contributed by atoms with van der Waals surface area (Å²) in [5.41, 5.74) is 8.48. The van der Waals surface area contributed by atoms with Crippen molar-refractivity contribution in [3.63, 3.8) is 0 Å². The number of thiazole rings is 1. The zero-order valence-electron chi connectivity index (χ0n) is 19.2. The highest BCUT2D eigenvalue weighted by Gasteiger charge is 2.26. The van der Waals surface area contributed by atoms with Crippen LogP contribution in [0.2, 0.25) is 0 Å². The van der Waals surface area contributed by atoms with Crippen molar-refractivity contribution in [2.75, 3.05) is 6.61 Å². The van der Waals surface area contributed by atoms with Gasteiger partial charge in [0.15, 0.2) is 0 Å². The number of oxime groups is 1. The standard InChI is InChI=1S/C27H32N2OS/c1-6-30-29-25-22-12-8-7-11-20(22)21-14-13-19(16-23(21)25)10-9-15-27(4,5)24-17-31-26(28-24)18(2)3/h7-8,11-14,16-18H,6,9-10,15H2,1-5H3/b29-25-. The van der Waals surface area contributed by atoms with Crippen LogP contribution >= 0.6 is 11.3 Å². The van der Waals surface area contributed by atoms with Crippen LogP contribution in [0.3, 0.4) is 0 Å². The number of aromatic nitrogens is 1. The van der Waals surface area contributed by atoms with Crippen molar-refractivity contribution in [1.82, 2.24) is 4.98 Å². The summed E-state index contributed by atoms with van der Waals surface area (Å²) in [6.45, 7) is 11.6. The molecule has 0 aliphatic heterocycles. The van der Waals surface area contributed by atoms with Crippen molar-refractivity contribution in [2.45, 2.75) is 65.2 Å². The van der Waals surface area contributed by atoms with Gasteiger partial charge in [0, 0.05) is 27.8 Å². The second kappa shape index (κ2) is 8.96. The monoisotopic (exact) mass is 432 g/mol. The van der Waals surface area contributed by atoms with Crippen LogP contribution in [0, 0.1) is 0 Å². The normalized spacial score (nSPS) is 14.2. The second-order valence-corrected chi connectivity index (χ2v) is 10.1. The van der Waals surface area contributed by atoms with Crippen molar-refractivity contribution in [3.8, 4) is 11.1 Å². The number of nitrogens with zero attached hydrogens (tertiary/aromatic N) is 2. The summed E-state index contributed by atoms with van der Waals surface area (Å²) in [6, 6.07) is 15.3. The van der Waals surface area contributed by atoms with Gasteiger partial charge < -0.3 is 4.84 Å². The minimum absolute atomic E-state index is 0.0954. The first-order valence-electron chi connectivity index (χ1n) is 11.3. The molecule has 1 aromatic heterocycles. The summed E-state index contributed by atoms with van der Waals surface area (Å²) in [4.78, 5) is 10.4. The SMILES string of the molecule is CCO/N=C1/c2ccccc2-c2ccc(CCCC(C)(C)c3csc(C(C)C)n3)cc21. The molecular formula is C27H32N2OS. The van der Waals surface area contributed by atoms with E-state index >= 15 is 0 Å². The number of hydrogen-bond donors (Lipinski definition) is 0. The molecule has 0 bridgehead atoms. The van der Waals surface area contributed by atoms with Crippen LogP contribution in [0.1, 0.15) is 80.8 Å². The molecule has 0 saturated carbocycles. The Kier molecular flexibility index (Phi) is 6.29. The van der Waals surface area contributed by atoms with Crippen LogP contribution in [0.15, 0.2) is 53.0 Å². The van der Waals surface area contributed by atoms with Crippen LogP contribution < -0.4 is 0 Å². The van der Waals surface area contributed by atoms with Crippen molar-refractivity contribution in [2.24, 2.45) is 5.16 Å². The molecule has 2 aromatic carbocycles. The van der Waals surface area contributed by atoms with Crippen molar-refractivity contribution >= 4 is 17.0 Å². The lowest BCUT2D eigenvalue weighted by Crippen LogP contribution is -2.18. The summed E-state index contributed by atoms with van der Waals surface area (Å²) < 4.78 is 0. The van der Waals surface area contributed by atoms with E-state index in [0.717, 1.165) is 30.5 Å². The minimum Gasteiger partial charge on any atom is -0.396 e. The topological polar surface area (TPSA) is 34.5 Å². The molecule has 4 heteroatoms. The van der Waals surface area contributed by atoms with Gasteiger partial charge in [0.2, 0.25) is 0 Å². The van der Waals surface area contributed by atoms with E-state index in [9.17, 15) is 0 Å². The van der Waals surface area contributed by atoms with Crippen molar-refractivity contribution in [1.29, 1.82) is 0 Å². The van der Waals surface area contributed by atoms with Gasteiger partial charge in [-0.15, -0.1) is 11.3 Å². The average Bonchev–Trinajstić information content (AvgIpc) is 3.36. The van der Waals surface area contributed by atoms with Gasteiger partial charge >= 0.3 is 0 Å². The molecule has 0 amide bonds. The molecule has 0 spiro atoms. The molecule has 1 aliphatic carbocycles. The van der Waals surface area contributed by atoms with Gasteiger partial charge in [0.05, 0.1) is 10.7 Å². The highest BCUT2D eigenvalue weighted by atomic mass is 32.1. The molecule has 0 atom stereocenters. The molecule has 0 radical (unpaired) electrons. The van der Waals surface area contributed by atoms with Crippen molar-refractivity contribution < 1.29 is 4.84 Å². The van der Waals surface area contributed by atoms with E-state index in [0.29, 0.717) is 12.5 Å². The lowest BCUT2D eigenvalue weighted by molar-refractivity contribution is 0.159. The molecule has 0 unspecified atom stereocenters. The molecule has 162 valence electrons. The predicted molar refractivity (Wildman–Crippen MR) is 131 cm³/mol. The average molecular weight is 433 g/mol. The molecule has 1 heterocycles. The quantitative estimate of drug-likeness (QED) is 0.273. The number of fused-ring (bicyclic) bond motifs is 3. The Morgan fingerprint density at radius 1 is 1.03 bits per heavy atom. The van der Waals surface area contributed by atoms with E-state index in [4.69, 9.17) is 9.82 Å². The van der Waals surface area contributed by atoms with Gasteiger partial charge in [0.25, 0.3) is 0 Å². The minimum atomic E-state index is 0.0954. The third kappa shape index (κ3) is 4.45. The molecule has 3 aromatic rings. The molecular weight excluding hydrogens is 400 g/mol. The molecule has 0 N–H and O–H groups in total. The van der Waals surface area contributed by atoms with Gasteiger partial charge in [-0.25, -0.2) is 4.98 Å². The van der Waals surface area contributed by atoms with E-state index in [1.54, 1.807) is 11.3 Å². The Morgan fingerprint density at radius 2 is 1.77 bits per heavy atom. The predicted octanol–water partition coefficient (Wildman–Crippen LogP) is 7.34. The Labute approximate surface area is 190 Å². The van der Waals surface area contributed by atoms with E-state index in [-0.39, 0.29) is 5.41 Å². The van der Waals surface area contributed by atoms with Gasteiger partial charge in [-0.05, 0) is 48.9 Å². The molecule has 31 heavy (non-hydrogen) atoms. The highest BCUT2D eigenvalue weighted by molar-refractivity contribution is 7.09. The fraction of sp³-hybridized carbons (Fsp3) is 0.407. The second-order valence-electron chi connectivity index (χ2n) is 9.25. The molecule has 4 rings (SSSR count). The van der Waals surface area contributed by atoms with E-state index in [1.165, 1.54) is 33.0 Å². The molecule has 0 saturated heterocycles. The summed E-state index contributed by atoms with van der Waals surface area (Å²) >= 11 is 1.79. The maximum atomic E-state index is 5.45. The summed E-state index contributed by atoms with van der Waals surface area (Å²) in [7, 11) is 0. The third-order valence-electron chi connectivity index (χ3n) is 6.07. The maximum absolute atomic E-state index is 5.45. The third-order valence-corrected chi connectivity index (χ3v) is 7.22. The van der Waals surface area contributed by atoms with Gasteiger partial charge in [-0.1, -0.05) is 69.2 Å². The Morgan fingerprint density at radius 3 is 2.48 bits per heavy atom. The highest BCUT2D eigenvalue weighted by Crippen LogP contribution is 2.38. The van der Waals surface area contributed by atoms with Gasteiger partial charge in [-0.3, -0.25) is 0 Å². The van der Waals surface area contributed by atoms with Crippen LogP contribution in [-0.4, -0.2) is 17.3 Å². The van der Waals surface area contributed by atoms with Crippen LogP contribution in [0.4, 0.5) is 0 Å². The summed E-state index contributed by atoms with van der Waals surface area (Å²) in [6.07, 6.45) is 3.30. The van der Waals surface area contributed by atoms with Crippen LogP contribution in [-0.2, 0) is 16.7 Å². The Hall–Kier alpha value is -2.46. The number of rotatable bonds is 8. The zero-order chi connectivity index (χ0) is 22.0.